The van der Waals surface area contributed by atoms with Crippen LogP contribution >= 0.6 is 0 Å². The smallest absolute Gasteiger partial charge is 0.274 e. The van der Waals surface area contributed by atoms with Crippen molar-refractivity contribution < 1.29 is 18.3 Å². The molecule has 1 amide bonds. The van der Waals surface area contributed by atoms with Crippen LogP contribution in [0.4, 0.5) is 14.5 Å². The van der Waals surface area contributed by atoms with Crippen molar-refractivity contribution in [3.8, 4) is 5.88 Å². The summed E-state index contributed by atoms with van der Waals surface area (Å²) < 4.78 is 31.3. The molecule has 1 aliphatic rings. The van der Waals surface area contributed by atoms with Gasteiger partial charge in [-0.05, 0) is 24.3 Å². The molecule has 11 heteroatoms. The van der Waals surface area contributed by atoms with E-state index in [1.165, 1.54) is 25.5 Å². The summed E-state index contributed by atoms with van der Waals surface area (Å²) in [6, 6.07) is 8.23. The summed E-state index contributed by atoms with van der Waals surface area (Å²) in [7, 11) is 1.50. The second-order valence-corrected chi connectivity index (χ2v) is 7.04. The van der Waals surface area contributed by atoms with Crippen molar-refractivity contribution in [2.75, 3.05) is 37.7 Å². The minimum atomic E-state index is -2.60. The van der Waals surface area contributed by atoms with Gasteiger partial charge in [0, 0.05) is 45.0 Å². The molecule has 3 heterocycles. The Morgan fingerprint density at radius 2 is 1.90 bits per heavy atom. The van der Waals surface area contributed by atoms with Crippen LogP contribution in [0.5, 0.6) is 5.88 Å². The van der Waals surface area contributed by atoms with Gasteiger partial charge in [-0.25, -0.2) is 23.4 Å². The molecule has 0 spiro atoms. The molecule has 0 aliphatic carbocycles. The third-order valence-electron chi connectivity index (χ3n) is 5.04. The van der Waals surface area contributed by atoms with Crippen LogP contribution in [0.15, 0.2) is 41.5 Å². The second kappa shape index (κ2) is 8.62. The number of carbonyl (C=O) groups excluding carboxylic acids is 1. The number of rotatable bonds is 5. The number of nitrogens with zero attached hydrogens (tertiary/aromatic N) is 6. The molecule has 0 radical (unpaired) electrons. The van der Waals surface area contributed by atoms with Crippen LogP contribution in [0.25, 0.3) is 10.9 Å². The molecule has 4 rings (SSSR count). The van der Waals surface area contributed by atoms with Crippen molar-refractivity contribution in [2.24, 2.45) is 7.05 Å². The van der Waals surface area contributed by atoms with E-state index in [-0.39, 0.29) is 23.0 Å². The molecule has 0 saturated carbocycles. The van der Waals surface area contributed by atoms with Crippen molar-refractivity contribution >= 4 is 22.5 Å². The van der Waals surface area contributed by atoms with Gasteiger partial charge in [-0.1, -0.05) is 0 Å². The molecule has 9 nitrogen and oxygen atoms in total. The van der Waals surface area contributed by atoms with E-state index in [1.807, 2.05) is 12.1 Å². The highest BCUT2D eigenvalue weighted by Crippen LogP contribution is 2.27. The SMILES string of the molecule is Cn1nc(C(=O)N2CCN(c3ccc4ncnc(OCC(F)F)c4c3)CC2)ccc1=O. The van der Waals surface area contributed by atoms with Gasteiger partial charge < -0.3 is 14.5 Å². The lowest BCUT2D eigenvalue weighted by Gasteiger charge is -2.36. The van der Waals surface area contributed by atoms with E-state index < -0.39 is 13.0 Å². The Bertz CT molecular complexity index is 1160. The Morgan fingerprint density at radius 1 is 1.13 bits per heavy atom. The molecule has 0 atom stereocenters. The van der Waals surface area contributed by atoms with Crippen LogP contribution in [-0.2, 0) is 7.05 Å². The third kappa shape index (κ3) is 4.44. The number of hydrogen-bond acceptors (Lipinski definition) is 7. The van der Waals surface area contributed by atoms with Crippen molar-refractivity contribution in [3.63, 3.8) is 0 Å². The summed E-state index contributed by atoms with van der Waals surface area (Å²) in [6.45, 7) is 1.35. The molecule has 162 valence electrons. The Balaban J connectivity index is 1.48. The van der Waals surface area contributed by atoms with Gasteiger partial charge in [-0.2, -0.15) is 5.10 Å². The molecule has 1 aliphatic heterocycles. The van der Waals surface area contributed by atoms with E-state index in [0.29, 0.717) is 37.1 Å². The van der Waals surface area contributed by atoms with Crippen LogP contribution in [-0.4, -0.2) is 69.8 Å². The number of anilines is 1. The first-order chi connectivity index (χ1) is 14.9. The number of aryl methyl sites for hydroxylation is 1. The Kier molecular flexibility index (Phi) is 5.74. The molecule has 0 N–H and O–H groups in total. The maximum absolute atomic E-state index is 12.7. The van der Waals surface area contributed by atoms with E-state index in [1.54, 1.807) is 11.0 Å². The number of amides is 1. The van der Waals surface area contributed by atoms with Crippen LogP contribution in [0, 0.1) is 0 Å². The lowest BCUT2D eigenvalue weighted by Crippen LogP contribution is -2.49. The summed E-state index contributed by atoms with van der Waals surface area (Å²) in [5.41, 5.74) is 1.40. The quantitative estimate of drug-likeness (QED) is 0.603. The highest BCUT2D eigenvalue weighted by Gasteiger charge is 2.24. The molecular formula is C20H20F2N6O3. The minimum Gasteiger partial charge on any atom is -0.471 e. The summed E-state index contributed by atoms with van der Waals surface area (Å²) in [6.07, 6.45) is -1.32. The fraction of sp³-hybridized carbons (Fsp3) is 0.350. The van der Waals surface area contributed by atoms with Gasteiger partial charge in [-0.15, -0.1) is 0 Å². The Hall–Kier alpha value is -3.63. The number of ether oxygens (including phenoxy) is 1. The average molecular weight is 430 g/mol. The van der Waals surface area contributed by atoms with E-state index in [9.17, 15) is 18.4 Å². The maximum Gasteiger partial charge on any atom is 0.274 e. The molecular weight excluding hydrogens is 410 g/mol. The zero-order valence-corrected chi connectivity index (χ0v) is 16.7. The van der Waals surface area contributed by atoms with Crippen LogP contribution < -0.4 is 15.2 Å². The first-order valence-corrected chi connectivity index (χ1v) is 9.66. The van der Waals surface area contributed by atoms with Gasteiger partial charge in [0.25, 0.3) is 17.9 Å². The number of aromatic nitrogens is 4. The topological polar surface area (TPSA) is 93.5 Å². The molecule has 0 bridgehead atoms. The van der Waals surface area contributed by atoms with E-state index in [0.717, 1.165) is 10.4 Å². The van der Waals surface area contributed by atoms with Crippen molar-refractivity contribution in [1.29, 1.82) is 0 Å². The first kappa shape index (κ1) is 20.6. The molecule has 0 unspecified atom stereocenters. The molecule has 3 aromatic rings. The lowest BCUT2D eigenvalue weighted by atomic mass is 10.2. The van der Waals surface area contributed by atoms with Gasteiger partial charge >= 0.3 is 0 Å². The molecule has 1 fully saturated rings. The zero-order chi connectivity index (χ0) is 22.0. The number of halogens is 2. The normalized spacial score (nSPS) is 14.3. The highest BCUT2D eigenvalue weighted by molar-refractivity contribution is 5.92. The largest absolute Gasteiger partial charge is 0.471 e. The fourth-order valence-corrected chi connectivity index (χ4v) is 3.42. The zero-order valence-electron chi connectivity index (χ0n) is 16.7. The third-order valence-corrected chi connectivity index (χ3v) is 5.04. The molecule has 1 saturated heterocycles. The van der Waals surface area contributed by atoms with Crippen LogP contribution in [0.3, 0.4) is 0 Å². The monoisotopic (exact) mass is 430 g/mol. The molecule has 1 aromatic carbocycles. The van der Waals surface area contributed by atoms with E-state index >= 15 is 0 Å². The summed E-state index contributed by atoms with van der Waals surface area (Å²) >= 11 is 0. The number of carbonyl (C=O) groups is 1. The van der Waals surface area contributed by atoms with Gasteiger partial charge in [-0.3, -0.25) is 9.59 Å². The standard InChI is InChI=1S/C20H20F2N6O3/c1-26-18(29)5-4-16(25-26)20(30)28-8-6-27(7-9-28)13-2-3-15-14(10-13)19(24-12-23-15)31-11-17(21)22/h2-5,10,12,17H,6-9,11H2,1H3. The Morgan fingerprint density at radius 3 is 2.61 bits per heavy atom. The lowest BCUT2D eigenvalue weighted by molar-refractivity contribution is 0.0738. The minimum absolute atomic E-state index is 0.113. The van der Waals surface area contributed by atoms with Crippen molar-refractivity contribution in [2.45, 2.75) is 6.43 Å². The number of hydrogen-bond donors (Lipinski definition) is 0. The summed E-state index contributed by atoms with van der Waals surface area (Å²) in [4.78, 5) is 36.1. The number of fused-ring (bicyclic) bond motifs is 1. The predicted molar refractivity (Wildman–Crippen MR) is 109 cm³/mol. The van der Waals surface area contributed by atoms with Gasteiger partial charge in [0.1, 0.15) is 12.0 Å². The van der Waals surface area contributed by atoms with Gasteiger partial charge in [0.05, 0.1) is 10.9 Å². The number of piperazine rings is 1. The number of benzene rings is 1. The Labute approximate surface area is 175 Å². The van der Waals surface area contributed by atoms with Gasteiger partial charge in [0.15, 0.2) is 6.61 Å². The first-order valence-electron chi connectivity index (χ1n) is 9.66. The predicted octanol–water partition coefficient (Wildman–Crippen LogP) is 1.33. The average Bonchev–Trinajstić information content (AvgIpc) is 2.78. The second-order valence-electron chi connectivity index (χ2n) is 7.04. The fourth-order valence-electron chi connectivity index (χ4n) is 3.42. The van der Waals surface area contributed by atoms with Crippen LogP contribution in [0.1, 0.15) is 10.5 Å². The highest BCUT2D eigenvalue weighted by atomic mass is 19.3. The summed E-state index contributed by atoms with van der Waals surface area (Å²) in [5.74, 6) is -0.119. The van der Waals surface area contributed by atoms with Crippen molar-refractivity contribution in [1.82, 2.24) is 24.6 Å². The summed E-state index contributed by atoms with van der Waals surface area (Å²) in [5, 5.41) is 4.57. The number of alkyl halides is 2. The van der Waals surface area contributed by atoms with Crippen LogP contribution in [0.2, 0.25) is 0 Å². The maximum atomic E-state index is 12.7. The van der Waals surface area contributed by atoms with Gasteiger partial charge in [0.2, 0.25) is 5.88 Å². The molecule has 31 heavy (non-hydrogen) atoms. The van der Waals surface area contributed by atoms with E-state index in [2.05, 4.69) is 20.0 Å². The molecule has 2 aromatic heterocycles. The van der Waals surface area contributed by atoms with E-state index in [4.69, 9.17) is 4.74 Å². The van der Waals surface area contributed by atoms with Crippen molar-refractivity contribution in [3.05, 3.63) is 52.7 Å².